The summed E-state index contributed by atoms with van der Waals surface area (Å²) in [4.78, 5) is 22.6. The monoisotopic (exact) mass is 256 g/mol. The van der Waals surface area contributed by atoms with E-state index in [1.165, 1.54) is 25.1 Å². The van der Waals surface area contributed by atoms with E-state index in [1.807, 2.05) is 0 Å². The molecule has 0 amide bonds. The first-order valence-corrected chi connectivity index (χ1v) is 5.53. The minimum atomic E-state index is -0.810. The second kappa shape index (κ2) is 4.45. The number of ether oxygens (including phenoxy) is 1. The fourth-order valence-electron chi connectivity index (χ4n) is 1.91. The number of hydrogen-bond acceptors (Lipinski definition) is 3. The maximum absolute atomic E-state index is 13.6. The van der Waals surface area contributed by atoms with Crippen molar-refractivity contribution in [3.8, 4) is 0 Å². The van der Waals surface area contributed by atoms with Crippen molar-refractivity contribution in [1.82, 2.24) is 0 Å². The zero-order chi connectivity index (χ0) is 12.6. The molecule has 0 radical (unpaired) electrons. The molecule has 1 aromatic carbocycles. The minimum Gasteiger partial charge on any atom is -0.457 e. The predicted octanol–water partition coefficient (Wildman–Crippen LogP) is 2.67. The Bertz CT molecular complexity index is 466. The lowest BCUT2D eigenvalue weighted by atomic mass is 9.97. The van der Waals surface area contributed by atoms with Crippen LogP contribution in [0.25, 0.3) is 0 Å². The molecule has 1 fully saturated rings. The molecule has 2 unspecified atom stereocenters. The van der Waals surface area contributed by atoms with Crippen molar-refractivity contribution < 1.29 is 18.7 Å². The number of cyclic esters (lactones) is 1. The Kier molecular flexibility index (Phi) is 3.15. The van der Waals surface area contributed by atoms with Gasteiger partial charge in [-0.15, -0.1) is 0 Å². The number of ketones is 1. The van der Waals surface area contributed by atoms with Crippen LogP contribution in [0.15, 0.2) is 18.2 Å². The van der Waals surface area contributed by atoms with Crippen LogP contribution < -0.4 is 0 Å². The van der Waals surface area contributed by atoms with E-state index in [2.05, 4.69) is 0 Å². The van der Waals surface area contributed by atoms with Gasteiger partial charge in [-0.25, -0.2) is 4.39 Å². The summed E-state index contributed by atoms with van der Waals surface area (Å²) >= 11 is 5.87. The van der Waals surface area contributed by atoms with Crippen LogP contribution in [0, 0.1) is 11.7 Å². The van der Waals surface area contributed by atoms with Crippen molar-refractivity contribution in [2.75, 3.05) is 0 Å². The molecule has 0 aromatic heterocycles. The van der Waals surface area contributed by atoms with Gasteiger partial charge in [0.25, 0.3) is 0 Å². The fraction of sp³-hybridized carbons (Fsp3) is 0.333. The van der Waals surface area contributed by atoms with Crippen molar-refractivity contribution in [2.24, 2.45) is 5.92 Å². The molecule has 0 bridgehead atoms. The van der Waals surface area contributed by atoms with Crippen LogP contribution >= 0.6 is 11.6 Å². The van der Waals surface area contributed by atoms with Crippen LogP contribution in [0.3, 0.4) is 0 Å². The van der Waals surface area contributed by atoms with Gasteiger partial charge in [-0.3, -0.25) is 9.59 Å². The molecule has 0 saturated carbocycles. The van der Waals surface area contributed by atoms with Crippen molar-refractivity contribution in [3.63, 3.8) is 0 Å². The standard InChI is InChI=1S/C12H10ClFO3/c1-6(15)7-5-10(17-12(7)16)11-8(13)3-2-4-9(11)14/h2-4,7,10H,5H2,1H3. The first kappa shape index (κ1) is 12.0. The van der Waals surface area contributed by atoms with Gasteiger partial charge in [-0.2, -0.15) is 0 Å². The number of halogens is 2. The number of hydrogen-bond donors (Lipinski definition) is 0. The van der Waals surface area contributed by atoms with E-state index >= 15 is 0 Å². The van der Waals surface area contributed by atoms with Gasteiger partial charge in [0.15, 0.2) is 0 Å². The Balaban J connectivity index is 2.32. The molecule has 2 atom stereocenters. The Morgan fingerprint density at radius 2 is 2.24 bits per heavy atom. The topological polar surface area (TPSA) is 43.4 Å². The van der Waals surface area contributed by atoms with Crippen molar-refractivity contribution in [3.05, 3.63) is 34.6 Å². The summed E-state index contributed by atoms with van der Waals surface area (Å²) < 4.78 is 18.6. The highest BCUT2D eigenvalue weighted by Gasteiger charge is 2.40. The third-order valence-electron chi connectivity index (χ3n) is 2.81. The van der Waals surface area contributed by atoms with Crippen LogP contribution in [0.5, 0.6) is 0 Å². The molecule has 90 valence electrons. The molecular weight excluding hydrogens is 247 g/mol. The maximum atomic E-state index is 13.6. The molecule has 0 spiro atoms. The van der Waals surface area contributed by atoms with Crippen LogP contribution in [0.2, 0.25) is 5.02 Å². The summed E-state index contributed by atoms with van der Waals surface area (Å²) in [6.07, 6.45) is -0.625. The van der Waals surface area contributed by atoms with Crippen LogP contribution in [-0.4, -0.2) is 11.8 Å². The van der Waals surface area contributed by atoms with E-state index < -0.39 is 23.8 Å². The molecule has 1 aromatic rings. The molecule has 1 aliphatic heterocycles. The summed E-state index contributed by atoms with van der Waals surface area (Å²) in [7, 11) is 0. The summed E-state index contributed by atoms with van der Waals surface area (Å²) in [5.41, 5.74) is 0.145. The number of esters is 1. The van der Waals surface area contributed by atoms with E-state index in [-0.39, 0.29) is 22.8 Å². The lowest BCUT2D eigenvalue weighted by molar-refractivity contribution is -0.146. The maximum Gasteiger partial charge on any atom is 0.317 e. The minimum absolute atomic E-state index is 0.145. The Morgan fingerprint density at radius 1 is 1.53 bits per heavy atom. The van der Waals surface area contributed by atoms with Gasteiger partial charge in [0, 0.05) is 12.0 Å². The van der Waals surface area contributed by atoms with Gasteiger partial charge in [0.1, 0.15) is 23.6 Å². The van der Waals surface area contributed by atoms with E-state index in [9.17, 15) is 14.0 Å². The van der Waals surface area contributed by atoms with Crippen molar-refractivity contribution >= 4 is 23.4 Å². The molecule has 1 heterocycles. The first-order valence-electron chi connectivity index (χ1n) is 5.15. The molecule has 5 heteroatoms. The van der Waals surface area contributed by atoms with Gasteiger partial charge in [0.2, 0.25) is 0 Å². The third kappa shape index (κ3) is 2.17. The molecule has 1 aliphatic rings. The highest BCUT2D eigenvalue weighted by Crippen LogP contribution is 2.38. The molecule has 0 aliphatic carbocycles. The molecule has 17 heavy (non-hydrogen) atoms. The van der Waals surface area contributed by atoms with Gasteiger partial charge < -0.3 is 4.74 Å². The van der Waals surface area contributed by atoms with E-state index in [0.29, 0.717) is 0 Å². The Labute approximate surface area is 103 Å². The zero-order valence-electron chi connectivity index (χ0n) is 9.07. The molecule has 1 saturated heterocycles. The van der Waals surface area contributed by atoms with Gasteiger partial charge in [-0.05, 0) is 19.1 Å². The highest BCUT2D eigenvalue weighted by atomic mass is 35.5. The summed E-state index contributed by atoms with van der Waals surface area (Å²) in [6, 6.07) is 4.24. The number of rotatable bonds is 2. The van der Waals surface area contributed by atoms with Gasteiger partial charge in [0.05, 0.1) is 5.02 Å². The Hall–Kier alpha value is -1.42. The summed E-state index contributed by atoms with van der Waals surface area (Å²) in [5.74, 6) is -2.22. The molecular formula is C12H10ClFO3. The molecule has 2 rings (SSSR count). The van der Waals surface area contributed by atoms with Crippen molar-refractivity contribution in [1.29, 1.82) is 0 Å². The normalized spacial score (nSPS) is 23.6. The van der Waals surface area contributed by atoms with E-state index in [0.717, 1.165) is 0 Å². The van der Waals surface area contributed by atoms with E-state index in [4.69, 9.17) is 16.3 Å². The number of benzene rings is 1. The second-order valence-corrected chi connectivity index (χ2v) is 4.37. The summed E-state index contributed by atoms with van der Waals surface area (Å²) in [6.45, 7) is 1.32. The molecule has 3 nitrogen and oxygen atoms in total. The van der Waals surface area contributed by atoms with Gasteiger partial charge >= 0.3 is 5.97 Å². The number of carbonyl (C=O) groups is 2. The number of Topliss-reactive ketones (excluding diaryl/α,β-unsaturated/α-hetero) is 1. The zero-order valence-corrected chi connectivity index (χ0v) is 9.83. The second-order valence-electron chi connectivity index (χ2n) is 3.96. The van der Waals surface area contributed by atoms with Gasteiger partial charge in [-0.1, -0.05) is 17.7 Å². The first-order chi connectivity index (χ1) is 8.00. The lowest BCUT2D eigenvalue weighted by Crippen LogP contribution is -2.15. The fourth-order valence-corrected chi connectivity index (χ4v) is 2.19. The highest BCUT2D eigenvalue weighted by molar-refractivity contribution is 6.31. The van der Waals surface area contributed by atoms with Crippen LogP contribution in [0.1, 0.15) is 25.0 Å². The van der Waals surface area contributed by atoms with Crippen LogP contribution in [0.4, 0.5) is 4.39 Å². The SMILES string of the molecule is CC(=O)C1CC(c2c(F)cccc2Cl)OC1=O. The third-order valence-corrected chi connectivity index (χ3v) is 3.13. The molecule has 0 N–H and O–H groups in total. The van der Waals surface area contributed by atoms with Crippen molar-refractivity contribution in [2.45, 2.75) is 19.4 Å². The quantitative estimate of drug-likeness (QED) is 0.604. The summed E-state index contributed by atoms with van der Waals surface area (Å²) in [5, 5.41) is 0.201. The lowest BCUT2D eigenvalue weighted by Gasteiger charge is -2.11. The largest absolute Gasteiger partial charge is 0.457 e. The smallest absolute Gasteiger partial charge is 0.317 e. The predicted molar refractivity (Wildman–Crippen MR) is 59.0 cm³/mol. The number of carbonyl (C=O) groups excluding carboxylic acids is 2. The van der Waals surface area contributed by atoms with Crippen LogP contribution in [-0.2, 0) is 14.3 Å². The average Bonchev–Trinajstić information content (AvgIpc) is 2.60. The average molecular weight is 257 g/mol. The van der Waals surface area contributed by atoms with E-state index in [1.54, 1.807) is 0 Å². The Morgan fingerprint density at radius 3 is 2.76 bits per heavy atom.